The van der Waals surface area contributed by atoms with E-state index in [2.05, 4.69) is 11.2 Å². The van der Waals surface area contributed by atoms with Crippen LogP contribution in [0.15, 0.2) is 12.1 Å². The molecule has 1 rings (SSSR count). The Kier molecular flexibility index (Phi) is 4.39. The predicted octanol–water partition coefficient (Wildman–Crippen LogP) is 2.61. The van der Waals surface area contributed by atoms with Crippen molar-refractivity contribution in [1.29, 1.82) is 0 Å². The molecule has 0 saturated carbocycles. The Bertz CT molecular complexity index is 409. The number of halogens is 3. The SMILES string of the molecule is C#CCC(C)NCc1cc(F)c(F)cc1F. The van der Waals surface area contributed by atoms with Crippen LogP contribution in [0.4, 0.5) is 13.2 Å². The van der Waals surface area contributed by atoms with Crippen molar-refractivity contribution in [3.63, 3.8) is 0 Å². The highest BCUT2D eigenvalue weighted by molar-refractivity contribution is 5.20. The van der Waals surface area contributed by atoms with E-state index in [4.69, 9.17) is 6.42 Å². The molecule has 0 amide bonds. The second kappa shape index (κ2) is 5.57. The van der Waals surface area contributed by atoms with E-state index in [1.807, 2.05) is 6.92 Å². The first kappa shape index (κ1) is 12.6. The molecule has 0 saturated heterocycles. The molecule has 1 aromatic carbocycles. The Hall–Kier alpha value is -1.47. The predicted molar refractivity (Wildman–Crippen MR) is 56.1 cm³/mol. The highest BCUT2D eigenvalue weighted by atomic mass is 19.2. The van der Waals surface area contributed by atoms with E-state index in [0.717, 1.165) is 6.07 Å². The molecule has 1 nitrogen and oxygen atoms in total. The zero-order valence-electron chi connectivity index (χ0n) is 8.86. The summed E-state index contributed by atoms with van der Waals surface area (Å²) in [6, 6.07) is 1.39. The fourth-order valence-corrected chi connectivity index (χ4v) is 1.23. The van der Waals surface area contributed by atoms with Gasteiger partial charge in [0.1, 0.15) is 5.82 Å². The molecule has 1 unspecified atom stereocenters. The van der Waals surface area contributed by atoms with Gasteiger partial charge in [0.05, 0.1) is 0 Å². The van der Waals surface area contributed by atoms with Gasteiger partial charge in [-0.15, -0.1) is 12.3 Å². The zero-order valence-corrected chi connectivity index (χ0v) is 8.86. The zero-order chi connectivity index (χ0) is 12.1. The number of hydrogen-bond donors (Lipinski definition) is 1. The molecule has 0 aliphatic rings. The summed E-state index contributed by atoms with van der Waals surface area (Å²) in [5, 5.41) is 2.92. The number of terminal acetylenes is 1. The Morgan fingerprint density at radius 3 is 2.50 bits per heavy atom. The maximum atomic E-state index is 13.2. The lowest BCUT2D eigenvalue weighted by Crippen LogP contribution is -2.25. The second-order valence-corrected chi connectivity index (χ2v) is 3.55. The molecular formula is C12H12F3N. The normalized spacial score (nSPS) is 12.2. The van der Waals surface area contributed by atoms with Crippen molar-refractivity contribution < 1.29 is 13.2 Å². The number of hydrogen-bond acceptors (Lipinski definition) is 1. The molecule has 0 radical (unpaired) electrons. The average molecular weight is 227 g/mol. The van der Waals surface area contributed by atoms with E-state index >= 15 is 0 Å². The summed E-state index contributed by atoms with van der Waals surface area (Å²) in [4.78, 5) is 0. The molecule has 0 bridgehead atoms. The van der Waals surface area contributed by atoms with Gasteiger partial charge < -0.3 is 5.32 Å². The standard InChI is InChI=1S/C12H12F3N/c1-3-4-8(2)16-7-9-5-11(14)12(15)6-10(9)13/h1,5-6,8,16H,4,7H2,2H3. The van der Waals surface area contributed by atoms with Crippen molar-refractivity contribution in [2.45, 2.75) is 25.9 Å². The van der Waals surface area contributed by atoms with Gasteiger partial charge in [0.2, 0.25) is 0 Å². The van der Waals surface area contributed by atoms with Crippen molar-refractivity contribution in [2.75, 3.05) is 0 Å². The molecule has 0 fully saturated rings. The molecule has 86 valence electrons. The second-order valence-electron chi connectivity index (χ2n) is 3.55. The van der Waals surface area contributed by atoms with Crippen LogP contribution in [0.2, 0.25) is 0 Å². The van der Waals surface area contributed by atoms with Gasteiger partial charge in [-0.2, -0.15) is 0 Å². The van der Waals surface area contributed by atoms with Gasteiger partial charge in [-0.3, -0.25) is 0 Å². The van der Waals surface area contributed by atoms with Crippen LogP contribution in [0.3, 0.4) is 0 Å². The lowest BCUT2D eigenvalue weighted by molar-refractivity contribution is 0.481. The van der Waals surface area contributed by atoms with Crippen LogP contribution in [0, 0.1) is 29.8 Å². The van der Waals surface area contributed by atoms with Crippen LogP contribution < -0.4 is 5.32 Å². The summed E-state index contributed by atoms with van der Waals surface area (Å²) in [7, 11) is 0. The molecular weight excluding hydrogens is 215 g/mol. The van der Waals surface area contributed by atoms with Crippen molar-refractivity contribution in [2.24, 2.45) is 0 Å². The Balaban J connectivity index is 2.68. The third kappa shape index (κ3) is 3.28. The number of rotatable bonds is 4. The van der Waals surface area contributed by atoms with Crippen molar-refractivity contribution in [3.05, 3.63) is 35.1 Å². The average Bonchev–Trinajstić information content (AvgIpc) is 2.22. The van der Waals surface area contributed by atoms with E-state index < -0.39 is 17.5 Å². The fraction of sp³-hybridized carbons (Fsp3) is 0.333. The largest absolute Gasteiger partial charge is 0.309 e. The van der Waals surface area contributed by atoms with Gasteiger partial charge in [0.15, 0.2) is 11.6 Å². The molecule has 1 aromatic rings. The maximum absolute atomic E-state index is 13.2. The Morgan fingerprint density at radius 1 is 1.25 bits per heavy atom. The highest BCUT2D eigenvalue weighted by Gasteiger charge is 2.10. The maximum Gasteiger partial charge on any atom is 0.161 e. The summed E-state index contributed by atoms with van der Waals surface area (Å²) >= 11 is 0. The molecule has 1 atom stereocenters. The molecule has 0 aromatic heterocycles. The van der Waals surface area contributed by atoms with Crippen LogP contribution in [0.25, 0.3) is 0 Å². The minimum atomic E-state index is -1.18. The van der Waals surface area contributed by atoms with Gasteiger partial charge >= 0.3 is 0 Å². The molecule has 0 heterocycles. The first-order valence-electron chi connectivity index (χ1n) is 4.85. The van der Waals surface area contributed by atoms with Gasteiger partial charge in [0.25, 0.3) is 0 Å². The van der Waals surface area contributed by atoms with E-state index in [9.17, 15) is 13.2 Å². The van der Waals surface area contributed by atoms with Crippen LogP contribution in [-0.4, -0.2) is 6.04 Å². The minimum Gasteiger partial charge on any atom is -0.309 e. The molecule has 0 aliphatic heterocycles. The third-order valence-electron chi connectivity index (χ3n) is 2.15. The van der Waals surface area contributed by atoms with Crippen molar-refractivity contribution in [3.8, 4) is 12.3 Å². The highest BCUT2D eigenvalue weighted by Crippen LogP contribution is 2.13. The third-order valence-corrected chi connectivity index (χ3v) is 2.15. The van der Waals surface area contributed by atoms with E-state index in [-0.39, 0.29) is 18.2 Å². The van der Waals surface area contributed by atoms with Crippen LogP contribution in [0.1, 0.15) is 18.9 Å². The van der Waals surface area contributed by atoms with Gasteiger partial charge in [-0.05, 0) is 13.0 Å². The monoisotopic (exact) mass is 227 g/mol. The van der Waals surface area contributed by atoms with Crippen LogP contribution >= 0.6 is 0 Å². The van der Waals surface area contributed by atoms with Gasteiger partial charge in [0, 0.05) is 30.6 Å². The molecule has 16 heavy (non-hydrogen) atoms. The minimum absolute atomic E-state index is 0.00230. The summed E-state index contributed by atoms with van der Waals surface area (Å²) in [5.74, 6) is -0.551. The van der Waals surface area contributed by atoms with E-state index in [1.54, 1.807) is 0 Å². The smallest absolute Gasteiger partial charge is 0.161 e. The molecule has 4 heteroatoms. The first-order valence-corrected chi connectivity index (χ1v) is 4.85. The van der Waals surface area contributed by atoms with Gasteiger partial charge in [-0.25, -0.2) is 13.2 Å². The fourth-order valence-electron chi connectivity index (χ4n) is 1.23. The topological polar surface area (TPSA) is 12.0 Å². The van der Waals surface area contributed by atoms with Crippen LogP contribution in [0.5, 0.6) is 0 Å². The summed E-state index contributed by atoms with van der Waals surface area (Å²) in [5.41, 5.74) is 0.0859. The van der Waals surface area contributed by atoms with Crippen LogP contribution in [-0.2, 0) is 6.54 Å². The Labute approximate surface area is 92.7 Å². The van der Waals surface area contributed by atoms with Gasteiger partial charge in [-0.1, -0.05) is 0 Å². The summed E-state index contributed by atoms with van der Waals surface area (Å²) < 4.78 is 38.6. The summed E-state index contributed by atoms with van der Waals surface area (Å²) in [6.07, 6.45) is 5.59. The summed E-state index contributed by atoms with van der Waals surface area (Å²) in [6.45, 7) is 1.95. The molecule has 1 N–H and O–H groups in total. The van der Waals surface area contributed by atoms with Crippen molar-refractivity contribution in [1.82, 2.24) is 5.32 Å². The lowest BCUT2D eigenvalue weighted by atomic mass is 10.1. The number of benzene rings is 1. The number of nitrogens with one attached hydrogen (secondary N) is 1. The Morgan fingerprint density at radius 2 is 1.88 bits per heavy atom. The molecule has 0 spiro atoms. The van der Waals surface area contributed by atoms with E-state index in [1.165, 1.54) is 0 Å². The van der Waals surface area contributed by atoms with Crippen molar-refractivity contribution >= 4 is 0 Å². The lowest BCUT2D eigenvalue weighted by Gasteiger charge is -2.11. The first-order chi connectivity index (χ1) is 7.54. The molecule has 0 aliphatic carbocycles. The quantitative estimate of drug-likeness (QED) is 0.616. The van der Waals surface area contributed by atoms with E-state index in [0.29, 0.717) is 12.5 Å².